The molecule has 2 N–H and O–H groups in total. The van der Waals surface area contributed by atoms with Crippen molar-refractivity contribution in [3.63, 3.8) is 0 Å². The molecule has 0 unspecified atom stereocenters. The van der Waals surface area contributed by atoms with Crippen molar-refractivity contribution in [1.82, 2.24) is 0 Å². The van der Waals surface area contributed by atoms with Crippen LogP contribution in [0.2, 0.25) is 0 Å². The minimum atomic E-state index is -0.860. The van der Waals surface area contributed by atoms with Gasteiger partial charge in [-0.15, -0.1) is 0 Å². The third-order valence-corrected chi connectivity index (χ3v) is 4.94. The monoisotopic (exact) mass is 387 g/mol. The van der Waals surface area contributed by atoms with Crippen LogP contribution in [0.1, 0.15) is 44.9 Å². The van der Waals surface area contributed by atoms with Gasteiger partial charge in [-0.1, -0.05) is 19.9 Å². The third kappa shape index (κ3) is 3.77. The van der Waals surface area contributed by atoms with Gasteiger partial charge < -0.3 is 19.9 Å². The molecule has 0 saturated heterocycles. The van der Waals surface area contributed by atoms with Gasteiger partial charge in [0, 0.05) is 11.0 Å². The Hall–Kier alpha value is -2.76. The van der Waals surface area contributed by atoms with E-state index >= 15 is 0 Å². The van der Waals surface area contributed by atoms with Crippen molar-refractivity contribution in [3.8, 4) is 22.6 Å². The standard InChI is InChI=1S/C22H26FNO4/c1-12(2)27-18-7-6-13(9-19(18)26-5)15-8-14-11-22(3,4)20(28-21(24)25)16(14)10-17(15)23/h6-10,12,20H,11H2,1-5H3,(H2,24,25)/t20-/m0/s1. The number of fused-ring (bicyclic) bond motifs is 1. The lowest BCUT2D eigenvalue weighted by atomic mass is 9.87. The van der Waals surface area contributed by atoms with Gasteiger partial charge in [0.05, 0.1) is 13.2 Å². The Morgan fingerprint density at radius 3 is 2.54 bits per heavy atom. The molecule has 28 heavy (non-hydrogen) atoms. The Balaban J connectivity index is 2.03. The third-order valence-electron chi connectivity index (χ3n) is 4.94. The van der Waals surface area contributed by atoms with E-state index in [2.05, 4.69) is 0 Å². The summed E-state index contributed by atoms with van der Waals surface area (Å²) in [6, 6.07) is 8.61. The molecule has 0 aromatic heterocycles. The molecular weight excluding hydrogens is 361 g/mol. The summed E-state index contributed by atoms with van der Waals surface area (Å²) in [6.45, 7) is 7.80. The van der Waals surface area contributed by atoms with Crippen LogP contribution in [-0.4, -0.2) is 19.3 Å². The van der Waals surface area contributed by atoms with Crippen molar-refractivity contribution in [1.29, 1.82) is 0 Å². The van der Waals surface area contributed by atoms with Crippen LogP contribution >= 0.6 is 0 Å². The lowest BCUT2D eigenvalue weighted by molar-refractivity contribution is 0.0391. The second kappa shape index (κ2) is 7.34. The normalized spacial score (nSPS) is 17.3. The zero-order valence-electron chi connectivity index (χ0n) is 16.8. The molecule has 2 aromatic rings. The number of nitrogens with two attached hydrogens (primary N) is 1. The van der Waals surface area contributed by atoms with Gasteiger partial charge in [-0.05, 0) is 61.2 Å². The number of amides is 1. The molecule has 1 atom stereocenters. The van der Waals surface area contributed by atoms with E-state index in [4.69, 9.17) is 19.9 Å². The van der Waals surface area contributed by atoms with E-state index in [0.717, 1.165) is 5.56 Å². The van der Waals surface area contributed by atoms with Gasteiger partial charge in [-0.25, -0.2) is 9.18 Å². The highest BCUT2D eigenvalue weighted by atomic mass is 19.1. The fourth-order valence-corrected chi connectivity index (χ4v) is 3.78. The fourth-order valence-electron chi connectivity index (χ4n) is 3.78. The summed E-state index contributed by atoms with van der Waals surface area (Å²) >= 11 is 0. The molecular formula is C22H26FNO4. The van der Waals surface area contributed by atoms with E-state index in [0.29, 0.717) is 34.6 Å². The Morgan fingerprint density at radius 1 is 1.21 bits per heavy atom. The maximum atomic E-state index is 15.0. The molecule has 2 aromatic carbocycles. The molecule has 0 spiro atoms. The molecule has 1 amide bonds. The summed E-state index contributed by atoms with van der Waals surface area (Å²) in [5.74, 6) is 0.759. The Labute approximate surface area is 164 Å². The summed E-state index contributed by atoms with van der Waals surface area (Å²) in [5.41, 5.74) is 7.59. The van der Waals surface area contributed by atoms with Crippen molar-refractivity contribution in [3.05, 3.63) is 47.3 Å². The van der Waals surface area contributed by atoms with E-state index in [9.17, 15) is 9.18 Å². The number of halogens is 1. The number of benzene rings is 2. The molecule has 1 aliphatic rings. The summed E-state index contributed by atoms with van der Waals surface area (Å²) in [6.07, 6.45) is -0.777. The lowest BCUT2D eigenvalue weighted by Gasteiger charge is -2.26. The molecule has 0 bridgehead atoms. The average molecular weight is 387 g/mol. The van der Waals surface area contributed by atoms with Crippen LogP contribution in [-0.2, 0) is 11.2 Å². The minimum absolute atomic E-state index is 0.000834. The lowest BCUT2D eigenvalue weighted by Crippen LogP contribution is -2.25. The predicted octanol–water partition coefficient (Wildman–Crippen LogP) is 5.01. The molecule has 3 rings (SSSR count). The largest absolute Gasteiger partial charge is 0.493 e. The van der Waals surface area contributed by atoms with Gasteiger partial charge in [-0.3, -0.25) is 0 Å². The number of hydrogen-bond acceptors (Lipinski definition) is 4. The Morgan fingerprint density at radius 2 is 1.93 bits per heavy atom. The van der Waals surface area contributed by atoms with E-state index in [1.807, 2.05) is 39.8 Å². The number of carbonyl (C=O) groups is 1. The van der Waals surface area contributed by atoms with Crippen molar-refractivity contribution < 1.29 is 23.4 Å². The Bertz CT molecular complexity index is 908. The van der Waals surface area contributed by atoms with Gasteiger partial charge in [0.2, 0.25) is 0 Å². The molecule has 6 heteroatoms. The zero-order chi connectivity index (χ0) is 20.6. The molecule has 0 radical (unpaired) electrons. The van der Waals surface area contributed by atoms with Crippen molar-refractivity contribution in [2.75, 3.05) is 7.11 Å². The van der Waals surface area contributed by atoms with Crippen LogP contribution in [0.4, 0.5) is 9.18 Å². The molecule has 1 aliphatic carbocycles. The number of ether oxygens (including phenoxy) is 3. The molecule has 5 nitrogen and oxygen atoms in total. The van der Waals surface area contributed by atoms with Crippen LogP contribution in [0, 0.1) is 11.2 Å². The van der Waals surface area contributed by atoms with Crippen molar-refractivity contribution >= 4 is 6.09 Å². The van der Waals surface area contributed by atoms with E-state index in [-0.39, 0.29) is 11.5 Å². The number of rotatable bonds is 5. The van der Waals surface area contributed by atoms with Crippen LogP contribution in [0.15, 0.2) is 30.3 Å². The topological polar surface area (TPSA) is 70.8 Å². The van der Waals surface area contributed by atoms with Crippen LogP contribution < -0.4 is 15.2 Å². The van der Waals surface area contributed by atoms with Crippen LogP contribution in [0.3, 0.4) is 0 Å². The maximum Gasteiger partial charge on any atom is 0.405 e. The number of carbonyl (C=O) groups excluding carboxylic acids is 1. The molecule has 0 heterocycles. The number of methoxy groups -OCH3 is 1. The predicted molar refractivity (Wildman–Crippen MR) is 105 cm³/mol. The maximum absolute atomic E-state index is 15.0. The first-order valence-electron chi connectivity index (χ1n) is 9.26. The van der Waals surface area contributed by atoms with Crippen LogP contribution in [0.25, 0.3) is 11.1 Å². The highest BCUT2D eigenvalue weighted by molar-refractivity contribution is 5.70. The quantitative estimate of drug-likeness (QED) is 0.783. The van der Waals surface area contributed by atoms with Gasteiger partial charge in [0.25, 0.3) is 0 Å². The minimum Gasteiger partial charge on any atom is -0.493 e. The SMILES string of the molecule is COc1cc(-c2cc3c(cc2F)[C@H](OC(N)=O)C(C)(C)C3)ccc1OC(C)C. The first kappa shape index (κ1) is 20.0. The van der Waals surface area contributed by atoms with Crippen molar-refractivity contribution in [2.24, 2.45) is 11.1 Å². The summed E-state index contributed by atoms with van der Waals surface area (Å²) in [5, 5.41) is 0. The Kier molecular flexibility index (Phi) is 5.24. The molecule has 0 saturated carbocycles. The first-order chi connectivity index (χ1) is 13.1. The number of primary amides is 1. The van der Waals surface area contributed by atoms with Crippen LogP contribution in [0.5, 0.6) is 11.5 Å². The second-order valence-corrected chi connectivity index (χ2v) is 8.05. The van der Waals surface area contributed by atoms with Gasteiger partial charge in [-0.2, -0.15) is 0 Å². The van der Waals surface area contributed by atoms with Gasteiger partial charge in [0.1, 0.15) is 11.9 Å². The molecule has 150 valence electrons. The highest BCUT2D eigenvalue weighted by Gasteiger charge is 2.42. The van der Waals surface area contributed by atoms with E-state index < -0.39 is 18.0 Å². The average Bonchev–Trinajstić information content (AvgIpc) is 2.83. The zero-order valence-corrected chi connectivity index (χ0v) is 16.8. The van der Waals surface area contributed by atoms with Gasteiger partial charge >= 0.3 is 6.09 Å². The van der Waals surface area contributed by atoms with Gasteiger partial charge in [0.15, 0.2) is 11.5 Å². The smallest absolute Gasteiger partial charge is 0.405 e. The van der Waals surface area contributed by atoms with Crippen molar-refractivity contribution in [2.45, 2.75) is 46.3 Å². The van der Waals surface area contributed by atoms with E-state index in [1.165, 1.54) is 6.07 Å². The number of hydrogen-bond donors (Lipinski definition) is 1. The summed E-state index contributed by atoms with van der Waals surface area (Å²) in [7, 11) is 1.56. The molecule has 0 fully saturated rings. The highest BCUT2D eigenvalue weighted by Crippen LogP contribution is 2.49. The fraction of sp³-hybridized carbons (Fsp3) is 0.409. The second-order valence-electron chi connectivity index (χ2n) is 8.05. The summed E-state index contributed by atoms with van der Waals surface area (Å²) in [4.78, 5) is 11.3. The molecule has 0 aliphatic heterocycles. The first-order valence-corrected chi connectivity index (χ1v) is 9.26. The van der Waals surface area contributed by atoms with E-state index in [1.54, 1.807) is 19.2 Å². The summed E-state index contributed by atoms with van der Waals surface area (Å²) < 4.78 is 31.4.